The third-order valence-electron chi connectivity index (χ3n) is 6.12. The van der Waals surface area contributed by atoms with E-state index in [9.17, 15) is 18.8 Å². The van der Waals surface area contributed by atoms with E-state index in [1.165, 1.54) is 22.8 Å². The van der Waals surface area contributed by atoms with Crippen LogP contribution in [0.2, 0.25) is 0 Å². The molecule has 0 bridgehead atoms. The molecule has 1 fully saturated rings. The fourth-order valence-electron chi connectivity index (χ4n) is 4.38. The van der Waals surface area contributed by atoms with Crippen LogP contribution in [0.3, 0.4) is 0 Å². The number of benzene rings is 1. The summed E-state index contributed by atoms with van der Waals surface area (Å²) in [5.41, 5.74) is 2.11. The van der Waals surface area contributed by atoms with Crippen LogP contribution >= 0.6 is 0 Å². The predicted molar refractivity (Wildman–Crippen MR) is 115 cm³/mol. The predicted octanol–water partition coefficient (Wildman–Crippen LogP) is 3.36. The highest BCUT2D eigenvalue weighted by molar-refractivity contribution is 5.88. The van der Waals surface area contributed by atoms with Crippen molar-refractivity contribution in [2.24, 2.45) is 7.05 Å². The van der Waals surface area contributed by atoms with Gasteiger partial charge in [0.1, 0.15) is 28.9 Å². The maximum atomic E-state index is 14.3. The number of anilines is 1. The minimum atomic E-state index is -0.548. The highest BCUT2D eigenvalue weighted by Gasteiger charge is 2.31. The lowest BCUT2D eigenvalue weighted by Crippen LogP contribution is -2.53. The lowest BCUT2D eigenvalue weighted by Gasteiger charge is -2.43. The number of pyridine rings is 2. The molecule has 0 saturated carbocycles. The molecule has 0 spiro atoms. The molecule has 1 aliphatic heterocycles. The molecular formula is C23H23F2N5O. The summed E-state index contributed by atoms with van der Waals surface area (Å²) in [6, 6.07) is 10.4. The Balaban J connectivity index is 1.67. The number of halogens is 2. The number of nitriles is 1. The Kier molecular flexibility index (Phi) is 5.46. The average Bonchev–Trinajstić information content (AvgIpc) is 2.75. The maximum absolute atomic E-state index is 14.3. The molecule has 31 heavy (non-hydrogen) atoms. The Bertz CT molecular complexity index is 1230. The molecule has 4 rings (SSSR count). The van der Waals surface area contributed by atoms with Crippen molar-refractivity contribution in [3.8, 4) is 6.07 Å². The molecule has 8 heteroatoms. The van der Waals surface area contributed by atoms with Gasteiger partial charge in [0.25, 0.3) is 5.56 Å². The summed E-state index contributed by atoms with van der Waals surface area (Å²) in [6.45, 7) is 5.49. The van der Waals surface area contributed by atoms with Gasteiger partial charge in [-0.1, -0.05) is 6.07 Å². The lowest BCUT2D eigenvalue weighted by molar-refractivity contribution is 0.169. The Morgan fingerprint density at radius 2 is 1.90 bits per heavy atom. The normalized spacial score (nSPS) is 18.2. The zero-order chi connectivity index (χ0) is 22.3. The first-order chi connectivity index (χ1) is 14.8. The molecule has 2 atom stereocenters. The number of fused-ring (bicyclic) bond motifs is 1. The second-order valence-corrected chi connectivity index (χ2v) is 7.95. The van der Waals surface area contributed by atoms with Crippen LogP contribution < -0.4 is 10.5 Å². The van der Waals surface area contributed by atoms with E-state index in [1.54, 1.807) is 32.2 Å². The van der Waals surface area contributed by atoms with Crippen LogP contribution in [0, 0.1) is 23.0 Å². The van der Waals surface area contributed by atoms with Crippen molar-refractivity contribution in [1.82, 2.24) is 14.5 Å². The zero-order valence-corrected chi connectivity index (χ0v) is 17.6. The summed E-state index contributed by atoms with van der Waals surface area (Å²) in [4.78, 5) is 21.1. The van der Waals surface area contributed by atoms with Crippen molar-refractivity contribution in [2.45, 2.75) is 25.9 Å². The third kappa shape index (κ3) is 3.66. The van der Waals surface area contributed by atoms with Crippen LogP contribution in [-0.2, 0) is 7.05 Å². The van der Waals surface area contributed by atoms with E-state index in [2.05, 4.69) is 9.88 Å². The van der Waals surface area contributed by atoms with Gasteiger partial charge < -0.3 is 9.47 Å². The molecule has 0 N–H and O–H groups in total. The first-order valence-electron chi connectivity index (χ1n) is 10.2. The SMILES string of the molecule is CC(c1c(F)cccc1F)N1CCN(c2cc(=O)n(C)c3ccc(C#N)nc23)[C@@H](C)C1. The zero-order valence-electron chi connectivity index (χ0n) is 17.6. The highest BCUT2D eigenvalue weighted by Crippen LogP contribution is 2.31. The van der Waals surface area contributed by atoms with Crippen LogP contribution in [0.25, 0.3) is 11.0 Å². The van der Waals surface area contributed by atoms with Crippen molar-refractivity contribution >= 4 is 16.7 Å². The van der Waals surface area contributed by atoms with Gasteiger partial charge in [-0.2, -0.15) is 5.26 Å². The summed E-state index contributed by atoms with van der Waals surface area (Å²) in [5, 5.41) is 9.26. The van der Waals surface area contributed by atoms with Gasteiger partial charge in [-0.15, -0.1) is 0 Å². The molecule has 2 aromatic heterocycles. The summed E-state index contributed by atoms with van der Waals surface area (Å²) in [6.07, 6.45) is 0. The average molecular weight is 423 g/mol. The minimum absolute atomic E-state index is 0.0334. The fourth-order valence-corrected chi connectivity index (χ4v) is 4.38. The Morgan fingerprint density at radius 3 is 2.55 bits per heavy atom. The van der Waals surface area contributed by atoms with E-state index in [-0.39, 0.29) is 22.9 Å². The first-order valence-corrected chi connectivity index (χ1v) is 10.2. The van der Waals surface area contributed by atoms with Gasteiger partial charge in [0, 0.05) is 50.4 Å². The van der Waals surface area contributed by atoms with E-state index >= 15 is 0 Å². The van der Waals surface area contributed by atoms with E-state index in [0.29, 0.717) is 36.4 Å². The van der Waals surface area contributed by atoms with Crippen LogP contribution in [0.4, 0.5) is 14.5 Å². The number of aromatic nitrogens is 2. The summed E-state index contributed by atoms with van der Waals surface area (Å²) < 4.78 is 30.1. The minimum Gasteiger partial charge on any atom is -0.364 e. The number of rotatable bonds is 3. The van der Waals surface area contributed by atoms with Gasteiger partial charge in [0.05, 0.1) is 11.2 Å². The molecule has 1 saturated heterocycles. The van der Waals surface area contributed by atoms with Gasteiger partial charge in [-0.25, -0.2) is 13.8 Å². The quantitative estimate of drug-likeness (QED) is 0.646. The highest BCUT2D eigenvalue weighted by atomic mass is 19.1. The molecule has 1 aromatic carbocycles. The fraction of sp³-hybridized carbons (Fsp3) is 0.348. The molecule has 0 radical (unpaired) electrons. The van der Waals surface area contributed by atoms with Crippen LogP contribution in [-0.4, -0.2) is 40.1 Å². The van der Waals surface area contributed by atoms with Gasteiger partial charge in [0.15, 0.2) is 0 Å². The summed E-state index contributed by atoms with van der Waals surface area (Å²) in [5.74, 6) is -1.10. The smallest absolute Gasteiger partial charge is 0.252 e. The second kappa shape index (κ2) is 8.08. The maximum Gasteiger partial charge on any atom is 0.252 e. The van der Waals surface area contributed by atoms with Crippen LogP contribution in [0.5, 0.6) is 0 Å². The monoisotopic (exact) mass is 423 g/mol. The topological polar surface area (TPSA) is 65.2 Å². The molecule has 1 unspecified atom stereocenters. The molecule has 160 valence electrons. The van der Waals surface area contributed by atoms with Crippen molar-refractivity contribution in [3.05, 3.63) is 69.6 Å². The van der Waals surface area contributed by atoms with E-state index in [4.69, 9.17) is 0 Å². The van der Waals surface area contributed by atoms with Gasteiger partial charge >= 0.3 is 0 Å². The standard InChI is InChI=1S/C23H23F2N5O/c1-14-13-29(15(2)22-17(24)5-4-6-18(22)25)9-10-30(14)20-11-21(31)28(3)19-8-7-16(12-26)27-23(19)20/h4-8,11,14-15H,9-10,13H2,1-3H3/t14-,15?/m0/s1. The summed E-state index contributed by atoms with van der Waals surface area (Å²) >= 11 is 0. The van der Waals surface area contributed by atoms with Crippen LogP contribution in [0.15, 0.2) is 41.2 Å². The Hall–Kier alpha value is -3.31. The number of aryl methyl sites for hydroxylation is 1. The molecule has 0 amide bonds. The van der Waals surface area contributed by atoms with E-state index in [1.807, 2.05) is 17.9 Å². The van der Waals surface area contributed by atoms with Gasteiger partial charge in [-0.05, 0) is 38.1 Å². The molecule has 3 heterocycles. The molecule has 3 aromatic rings. The molecule has 1 aliphatic rings. The van der Waals surface area contributed by atoms with Crippen molar-refractivity contribution in [3.63, 3.8) is 0 Å². The number of piperazine rings is 1. The largest absolute Gasteiger partial charge is 0.364 e. The van der Waals surface area contributed by atoms with E-state index in [0.717, 1.165) is 0 Å². The number of hydrogen-bond donors (Lipinski definition) is 0. The van der Waals surface area contributed by atoms with Gasteiger partial charge in [0.2, 0.25) is 0 Å². The molecule has 6 nitrogen and oxygen atoms in total. The second-order valence-electron chi connectivity index (χ2n) is 7.95. The number of nitrogens with zero attached hydrogens (tertiary/aromatic N) is 5. The third-order valence-corrected chi connectivity index (χ3v) is 6.12. The Labute approximate surface area is 179 Å². The van der Waals surface area contributed by atoms with Gasteiger partial charge in [-0.3, -0.25) is 9.69 Å². The van der Waals surface area contributed by atoms with E-state index < -0.39 is 17.7 Å². The molecular weight excluding hydrogens is 400 g/mol. The lowest BCUT2D eigenvalue weighted by atomic mass is 10.0. The first kappa shape index (κ1) is 20.9. The van der Waals surface area contributed by atoms with Crippen LogP contribution in [0.1, 0.15) is 31.1 Å². The molecule has 0 aliphatic carbocycles. The van der Waals surface area contributed by atoms with Crippen molar-refractivity contribution in [2.75, 3.05) is 24.5 Å². The Morgan fingerprint density at radius 1 is 1.19 bits per heavy atom. The summed E-state index contributed by atoms with van der Waals surface area (Å²) in [7, 11) is 1.67. The van der Waals surface area contributed by atoms with Crippen molar-refractivity contribution < 1.29 is 8.78 Å². The number of hydrogen-bond acceptors (Lipinski definition) is 5. The van der Waals surface area contributed by atoms with Crippen molar-refractivity contribution in [1.29, 1.82) is 5.26 Å².